The third-order valence-electron chi connectivity index (χ3n) is 1.98. The standard InChI is InChI=1S/C8H10N3O.Rb/c1-5-4-11-7(12)3-2-6(9)8(11)10-5;/h2,5,10H,4,9H2,1H3;/q-1;+1. The molecule has 0 spiro atoms. The van der Waals surface area contributed by atoms with Crippen LogP contribution in [0.25, 0.3) is 0 Å². The summed E-state index contributed by atoms with van der Waals surface area (Å²) < 4.78 is 1.61. The third kappa shape index (κ3) is 2.06. The number of fused-ring (bicyclic) bond motifs is 1. The topological polar surface area (TPSA) is 60.0 Å². The van der Waals surface area contributed by atoms with Gasteiger partial charge in [0.25, 0.3) is 0 Å². The van der Waals surface area contributed by atoms with Crippen molar-refractivity contribution in [1.82, 2.24) is 4.57 Å². The number of nitrogens with zero attached hydrogens (tertiary/aromatic N) is 1. The van der Waals surface area contributed by atoms with Gasteiger partial charge in [-0.2, -0.15) is 6.07 Å². The molecule has 4 nitrogen and oxygen atoms in total. The van der Waals surface area contributed by atoms with E-state index in [4.69, 9.17) is 5.73 Å². The van der Waals surface area contributed by atoms with E-state index in [0.717, 1.165) is 5.82 Å². The number of nitrogens with one attached hydrogen (secondary N) is 1. The molecule has 1 aliphatic rings. The van der Waals surface area contributed by atoms with Gasteiger partial charge in [0.15, 0.2) is 5.56 Å². The average molecular weight is 250 g/mol. The number of hydrogen-bond donors (Lipinski definition) is 2. The molecule has 0 saturated heterocycles. The van der Waals surface area contributed by atoms with E-state index in [1.54, 1.807) is 4.57 Å². The molecule has 1 atom stereocenters. The van der Waals surface area contributed by atoms with Crippen LogP contribution in [-0.2, 0) is 6.54 Å². The normalized spacial score (nSPS) is 18.7. The van der Waals surface area contributed by atoms with Crippen LogP contribution in [0.2, 0.25) is 0 Å². The van der Waals surface area contributed by atoms with Gasteiger partial charge < -0.3 is 15.6 Å². The summed E-state index contributed by atoms with van der Waals surface area (Å²) >= 11 is 0. The first-order valence-corrected chi connectivity index (χ1v) is 3.86. The molecule has 2 heterocycles. The molecule has 13 heavy (non-hydrogen) atoms. The van der Waals surface area contributed by atoms with Crippen molar-refractivity contribution in [2.75, 3.05) is 11.1 Å². The van der Waals surface area contributed by atoms with Crippen LogP contribution in [0, 0.1) is 6.07 Å². The summed E-state index contributed by atoms with van der Waals surface area (Å²) in [6.45, 7) is 2.68. The predicted molar refractivity (Wildman–Crippen MR) is 47.0 cm³/mol. The number of nitrogens with two attached hydrogens (primary N) is 1. The molecule has 1 aliphatic heterocycles. The summed E-state index contributed by atoms with van der Waals surface area (Å²) in [6, 6.07) is 4.35. The van der Waals surface area contributed by atoms with Crippen molar-refractivity contribution in [2.45, 2.75) is 19.5 Å². The van der Waals surface area contributed by atoms with Crippen LogP contribution in [0.15, 0.2) is 10.9 Å². The summed E-state index contributed by atoms with van der Waals surface area (Å²) in [7, 11) is 0. The molecule has 1 aromatic heterocycles. The first-order chi connectivity index (χ1) is 5.68. The molecule has 0 saturated carbocycles. The Hall–Kier alpha value is 0.355. The van der Waals surface area contributed by atoms with Gasteiger partial charge in [0.1, 0.15) is 0 Å². The summed E-state index contributed by atoms with van der Waals surface area (Å²) in [4.78, 5) is 11.2. The molecule has 0 radical (unpaired) electrons. The minimum atomic E-state index is -0.115. The number of anilines is 2. The second kappa shape index (κ2) is 4.25. The SMILES string of the molecule is CC1Cn2c(c(N)c[c-]c2=O)N1.[Rb+]. The fraction of sp³-hybridized carbons (Fsp3) is 0.375. The van der Waals surface area contributed by atoms with E-state index in [2.05, 4.69) is 11.4 Å². The first-order valence-electron chi connectivity index (χ1n) is 3.86. The molecule has 0 aliphatic carbocycles. The predicted octanol–water partition coefficient (Wildman–Crippen LogP) is -2.95. The zero-order valence-electron chi connectivity index (χ0n) is 7.79. The van der Waals surface area contributed by atoms with E-state index in [9.17, 15) is 4.79 Å². The molecule has 64 valence electrons. The summed E-state index contributed by atoms with van der Waals surface area (Å²) in [6.07, 6.45) is 0. The van der Waals surface area contributed by atoms with Gasteiger partial charge in [-0.25, -0.2) is 6.07 Å². The molecule has 3 N–H and O–H groups in total. The number of nitrogen functional groups attached to an aromatic ring is 1. The van der Waals surface area contributed by atoms with Gasteiger partial charge in [-0.3, -0.25) is 4.79 Å². The summed E-state index contributed by atoms with van der Waals surface area (Å²) in [5, 5.41) is 3.12. The van der Waals surface area contributed by atoms with Crippen molar-refractivity contribution in [3.63, 3.8) is 0 Å². The first kappa shape index (κ1) is 11.4. The fourth-order valence-electron chi connectivity index (χ4n) is 1.43. The molecule has 5 heteroatoms. The van der Waals surface area contributed by atoms with Crippen LogP contribution in [0.1, 0.15) is 6.92 Å². The minimum Gasteiger partial charge on any atom is -0.472 e. The molecule has 1 aromatic rings. The Morgan fingerprint density at radius 1 is 1.77 bits per heavy atom. The van der Waals surface area contributed by atoms with Crippen LogP contribution in [0.5, 0.6) is 0 Å². The Bertz CT molecular complexity index is 374. The van der Waals surface area contributed by atoms with E-state index in [-0.39, 0.29) is 69.8 Å². The van der Waals surface area contributed by atoms with Crippen LogP contribution >= 0.6 is 0 Å². The number of rotatable bonds is 0. The quantitative estimate of drug-likeness (QED) is 0.484. The minimum absolute atomic E-state index is 0. The smallest absolute Gasteiger partial charge is 0.472 e. The van der Waals surface area contributed by atoms with Gasteiger partial charge in [0, 0.05) is 18.4 Å². The van der Waals surface area contributed by atoms with Gasteiger partial charge >= 0.3 is 58.2 Å². The van der Waals surface area contributed by atoms with E-state index in [0.29, 0.717) is 12.2 Å². The van der Waals surface area contributed by atoms with Crippen LogP contribution < -0.4 is 74.8 Å². The maximum absolute atomic E-state index is 11.2. The molecule has 0 fully saturated rings. The number of pyridine rings is 1. The van der Waals surface area contributed by atoms with Gasteiger partial charge in [0.2, 0.25) is 0 Å². The molecular weight excluding hydrogens is 240 g/mol. The molecule has 1 unspecified atom stereocenters. The Balaban J connectivity index is 0.000000845. The number of hydrogen-bond acceptors (Lipinski definition) is 3. The Kier molecular flexibility index (Phi) is 3.74. The summed E-state index contributed by atoms with van der Waals surface area (Å²) in [5.74, 6) is 0.728. The monoisotopic (exact) mass is 249 g/mol. The second-order valence-corrected chi connectivity index (χ2v) is 3.05. The van der Waals surface area contributed by atoms with Crippen molar-refractivity contribution in [3.8, 4) is 0 Å². The Labute approximate surface area is 125 Å². The third-order valence-corrected chi connectivity index (χ3v) is 1.98. The second-order valence-electron chi connectivity index (χ2n) is 3.05. The molecule has 0 amide bonds. The molecule has 2 rings (SSSR count). The van der Waals surface area contributed by atoms with Crippen molar-refractivity contribution in [3.05, 3.63) is 22.5 Å². The van der Waals surface area contributed by atoms with Gasteiger partial charge in [-0.1, -0.05) is 5.69 Å². The maximum atomic E-state index is 11.2. The van der Waals surface area contributed by atoms with Gasteiger partial charge in [-0.05, 0) is 6.92 Å². The van der Waals surface area contributed by atoms with Crippen molar-refractivity contribution in [2.24, 2.45) is 0 Å². The van der Waals surface area contributed by atoms with E-state index >= 15 is 0 Å². The summed E-state index contributed by atoms with van der Waals surface area (Å²) in [5.41, 5.74) is 6.12. The molecule has 0 aromatic carbocycles. The maximum Gasteiger partial charge on any atom is 1.00 e. The zero-order valence-corrected chi connectivity index (χ0v) is 12.7. The number of aromatic nitrogens is 1. The van der Waals surface area contributed by atoms with Crippen LogP contribution in [-0.4, -0.2) is 10.6 Å². The zero-order chi connectivity index (χ0) is 8.72. The Morgan fingerprint density at radius 3 is 3.08 bits per heavy atom. The van der Waals surface area contributed by atoms with E-state index in [1.807, 2.05) is 6.92 Å². The average Bonchev–Trinajstić information content (AvgIpc) is 2.41. The van der Waals surface area contributed by atoms with E-state index in [1.165, 1.54) is 6.07 Å². The van der Waals surface area contributed by atoms with Gasteiger partial charge in [0.05, 0.1) is 0 Å². The molecular formula is C8H10N3ORb. The Morgan fingerprint density at radius 2 is 2.46 bits per heavy atom. The van der Waals surface area contributed by atoms with Crippen LogP contribution in [0.4, 0.5) is 11.5 Å². The van der Waals surface area contributed by atoms with Crippen molar-refractivity contribution >= 4 is 11.5 Å². The van der Waals surface area contributed by atoms with Crippen molar-refractivity contribution in [1.29, 1.82) is 0 Å². The fourth-order valence-corrected chi connectivity index (χ4v) is 1.43. The van der Waals surface area contributed by atoms with Gasteiger partial charge in [-0.15, -0.1) is 0 Å². The largest absolute Gasteiger partial charge is 1.00 e. The van der Waals surface area contributed by atoms with E-state index < -0.39 is 0 Å². The van der Waals surface area contributed by atoms with Crippen molar-refractivity contribution < 1.29 is 58.2 Å². The molecule has 0 bridgehead atoms. The van der Waals surface area contributed by atoms with Crippen LogP contribution in [0.3, 0.4) is 0 Å².